The highest BCUT2D eigenvalue weighted by Crippen LogP contribution is 2.27. The van der Waals surface area contributed by atoms with Gasteiger partial charge in [-0.2, -0.15) is 0 Å². The van der Waals surface area contributed by atoms with E-state index in [1.54, 1.807) is 7.11 Å². The van der Waals surface area contributed by atoms with Gasteiger partial charge in [0.1, 0.15) is 5.75 Å². The summed E-state index contributed by atoms with van der Waals surface area (Å²) in [6.45, 7) is 0. The molecule has 0 amide bonds. The Labute approximate surface area is 126 Å². The third-order valence-electron chi connectivity index (χ3n) is 2.96. The molecule has 2 nitrogen and oxygen atoms in total. The van der Waals surface area contributed by atoms with Crippen molar-refractivity contribution in [2.75, 3.05) is 7.11 Å². The summed E-state index contributed by atoms with van der Waals surface area (Å²) in [6.07, 6.45) is 0.697. The van der Waals surface area contributed by atoms with E-state index in [0.29, 0.717) is 11.4 Å². The van der Waals surface area contributed by atoms with Gasteiger partial charge < -0.3 is 10.5 Å². The monoisotopic (exact) mass is 339 g/mol. The molecule has 2 rings (SSSR count). The summed E-state index contributed by atoms with van der Waals surface area (Å²) in [5.74, 6) is 0.848. The smallest absolute Gasteiger partial charge is 0.122 e. The van der Waals surface area contributed by atoms with Crippen molar-refractivity contribution in [2.45, 2.75) is 12.5 Å². The van der Waals surface area contributed by atoms with Crippen LogP contribution in [0.15, 0.2) is 46.9 Å². The van der Waals surface area contributed by atoms with E-state index in [1.807, 2.05) is 42.5 Å². The molecule has 4 heteroatoms. The van der Waals surface area contributed by atoms with Crippen molar-refractivity contribution in [2.24, 2.45) is 5.73 Å². The first kappa shape index (κ1) is 14.4. The number of ether oxygens (including phenoxy) is 1. The second kappa shape index (κ2) is 6.42. The Kier molecular flexibility index (Phi) is 4.86. The van der Waals surface area contributed by atoms with Crippen LogP contribution in [0, 0.1) is 0 Å². The molecule has 0 fully saturated rings. The van der Waals surface area contributed by atoms with Crippen molar-refractivity contribution in [3.05, 3.63) is 63.1 Å². The second-order valence-corrected chi connectivity index (χ2v) is 5.67. The third-order valence-corrected chi connectivity index (χ3v) is 3.69. The summed E-state index contributed by atoms with van der Waals surface area (Å²) >= 11 is 9.45. The molecule has 1 unspecified atom stereocenters. The van der Waals surface area contributed by atoms with E-state index in [2.05, 4.69) is 15.9 Å². The number of methoxy groups -OCH3 is 1. The molecule has 19 heavy (non-hydrogen) atoms. The normalized spacial score (nSPS) is 12.2. The van der Waals surface area contributed by atoms with E-state index in [1.165, 1.54) is 0 Å². The molecule has 100 valence electrons. The molecule has 0 aliphatic heterocycles. The van der Waals surface area contributed by atoms with Crippen LogP contribution in [-0.4, -0.2) is 7.11 Å². The van der Waals surface area contributed by atoms with E-state index in [-0.39, 0.29) is 6.04 Å². The maximum absolute atomic E-state index is 6.24. The fraction of sp³-hybridized carbons (Fsp3) is 0.200. The van der Waals surface area contributed by atoms with Crippen molar-refractivity contribution in [1.29, 1.82) is 0 Å². The van der Waals surface area contributed by atoms with E-state index in [4.69, 9.17) is 22.1 Å². The highest BCUT2D eigenvalue weighted by Gasteiger charge is 2.11. The number of benzene rings is 2. The summed E-state index contributed by atoms with van der Waals surface area (Å²) in [5, 5.41) is 0.703. The quantitative estimate of drug-likeness (QED) is 0.898. The van der Waals surface area contributed by atoms with E-state index >= 15 is 0 Å². The zero-order valence-electron chi connectivity index (χ0n) is 10.6. The van der Waals surface area contributed by atoms with Gasteiger partial charge in [0.05, 0.1) is 7.11 Å². The molecule has 0 aliphatic carbocycles. The van der Waals surface area contributed by atoms with Crippen LogP contribution >= 0.6 is 27.5 Å². The Morgan fingerprint density at radius 1 is 1.26 bits per heavy atom. The van der Waals surface area contributed by atoms with Gasteiger partial charge in [0.15, 0.2) is 0 Å². The van der Waals surface area contributed by atoms with Gasteiger partial charge in [-0.3, -0.25) is 0 Å². The average Bonchev–Trinajstić information content (AvgIpc) is 2.39. The van der Waals surface area contributed by atoms with Crippen LogP contribution in [-0.2, 0) is 6.42 Å². The summed E-state index contributed by atoms with van der Waals surface area (Å²) in [7, 11) is 1.66. The van der Waals surface area contributed by atoms with E-state index in [0.717, 1.165) is 21.3 Å². The molecule has 2 aromatic carbocycles. The Morgan fingerprint density at radius 3 is 2.74 bits per heavy atom. The third kappa shape index (κ3) is 3.72. The highest BCUT2D eigenvalue weighted by molar-refractivity contribution is 9.10. The lowest BCUT2D eigenvalue weighted by Gasteiger charge is -2.15. The maximum atomic E-state index is 6.24. The Morgan fingerprint density at radius 2 is 2.05 bits per heavy atom. The fourth-order valence-electron chi connectivity index (χ4n) is 2.00. The molecule has 1 atom stereocenters. The molecule has 0 aromatic heterocycles. The van der Waals surface area contributed by atoms with Crippen LogP contribution in [0.3, 0.4) is 0 Å². The van der Waals surface area contributed by atoms with Crippen LogP contribution in [0.4, 0.5) is 0 Å². The number of halogens is 2. The van der Waals surface area contributed by atoms with Crippen LogP contribution in [0.2, 0.25) is 5.02 Å². The van der Waals surface area contributed by atoms with Crippen LogP contribution < -0.4 is 10.5 Å². The predicted octanol–water partition coefficient (Wildman–Crippen LogP) is 4.35. The average molecular weight is 341 g/mol. The number of hydrogen-bond acceptors (Lipinski definition) is 2. The first-order chi connectivity index (χ1) is 9.10. The van der Waals surface area contributed by atoms with Crippen LogP contribution in [0.1, 0.15) is 17.2 Å². The molecule has 0 saturated carbocycles. The SMILES string of the molecule is COc1ccc(Br)cc1CC(N)c1cccc(Cl)c1. The molecule has 0 radical (unpaired) electrons. The molecule has 2 aromatic rings. The van der Waals surface area contributed by atoms with Crippen LogP contribution in [0.5, 0.6) is 5.75 Å². The summed E-state index contributed by atoms with van der Waals surface area (Å²) in [6, 6.07) is 13.5. The number of rotatable bonds is 4. The second-order valence-electron chi connectivity index (χ2n) is 4.32. The van der Waals surface area contributed by atoms with Gasteiger partial charge in [-0.25, -0.2) is 0 Å². The molecular weight excluding hydrogens is 326 g/mol. The lowest BCUT2D eigenvalue weighted by atomic mass is 9.99. The minimum Gasteiger partial charge on any atom is -0.496 e. The molecule has 0 bridgehead atoms. The number of nitrogens with two attached hydrogens (primary N) is 1. The minimum absolute atomic E-state index is 0.109. The molecule has 0 spiro atoms. The van der Waals surface area contributed by atoms with Crippen LogP contribution in [0.25, 0.3) is 0 Å². The minimum atomic E-state index is -0.109. The van der Waals surface area contributed by atoms with Gasteiger partial charge in [-0.15, -0.1) is 0 Å². The fourth-order valence-corrected chi connectivity index (χ4v) is 2.61. The maximum Gasteiger partial charge on any atom is 0.122 e. The summed E-state index contributed by atoms with van der Waals surface area (Å²) in [5.41, 5.74) is 8.34. The lowest BCUT2D eigenvalue weighted by molar-refractivity contribution is 0.408. The van der Waals surface area contributed by atoms with E-state index in [9.17, 15) is 0 Å². The van der Waals surface area contributed by atoms with E-state index < -0.39 is 0 Å². The van der Waals surface area contributed by atoms with Gasteiger partial charge in [-0.05, 0) is 47.9 Å². The lowest BCUT2D eigenvalue weighted by Crippen LogP contribution is -2.13. The number of hydrogen-bond donors (Lipinski definition) is 1. The van der Waals surface area contributed by atoms with Gasteiger partial charge in [-0.1, -0.05) is 39.7 Å². The van der Waals surface area contributed by atoms with Gasteiger partial charge in [0.25, 0.3) is 0 Å². The van der Waals surface area contributed by atoms with Gasteiger partial charge in [0.2, 0.25) is 0 Å². The summed E-state index contributed by atoms with van der Waals surface area (Å²) < 4.78 is 6.37. The highest BCUT2D eigenvalue weighted by atomic mass is 79.9. The Hall–Kier alpha value is -1.03. The van der Waals surface area contributed by atoms with Crippen molar-refractivity contribution < 1.29 is 4.74 Å². The van der Waals surface area contributed by atoms with Crippen molar-refractivity contribution in [1.82, 2.24) is 0 Å². The predicted molar refractivity (Wildman–Crippen MR) is 82.8 cm³/mol. The largest absolute Gasteiger partial charge is 0.496 e. The van der Waals surface area contributed by atoms with Crippen molar-refractivity contribution in [3.8, 4) is 5.75 Å². The summed E-state index contributed by atoms with van der Waals surface area (Å²) in [4.78, 5) is 0. The zero-order chi connectivity index (χ0) is 13.8. The van der Waals surface area contributed by atoms with Gasteiger partial charge in [0, 0.05) is 15.5 Å². The zero-order valence-corrected chi connectivity index (χ0v) is 12.9. The Bertz CT molecular complexity index is 574. The van der Waals surface area contributed by atoms with Crippen molar-refractivity contribution in [3.63, 3.8) is 0 Å². The molecule has 0 saturated heterocycles. The molecule has 0 aliphatic rings. The topological polar surface area (TPSA) is 35.2 Å². The molecular formula is C15H15BrClNO. The standard InChI is InChI=1S/C15H15BrClNO/c1-19-15-6-5-12(16)7-11(15)9-14(18)10-3-2-4-13(17)8-10/h2-8,14H,9,18H2,1H3. The molecule has 0 heterocycles. The van der Waals surface area contributed by atoms with Gasteiger partial charge >= 0.3 is 0 Å². The first-order valence-electron chi connectivity index (χ1n) is 5.93. The Balaban J connectivity index is 2.23. The molecule has 2 N–H and O–H groups in total. The first-order valence-corrected chi connectivity index (χ1v) is 7.10. The van der Waals surface area contributed by atoms with Crippen molar-refractivity contribution >= 4 is 27.5 Å².